The summed E-state index contributed by atoms with van der Waals surface area (Å²) < 4.78 is 7.17. The predicted molar refractivity (Wildman–Crippen MR) is 138 cm³/mol. The predicted octanol–water partition coefficient (Wildman–Crippen LogP) is 4.21. The molecule has 3 N–H and O–H groups in total. The standard InChI is InChI=1S/C26H33BrClN3O3/c27-22-3-6-24(34-17-19-1-4-23(28)5-2-19)21(15-22)16-30-13-9-26(33,10-14-30)18-31-11-7-20(8-12-31)25(29)32/h1-6,15,20,33H,7-14,16-18H2,(H2,29,32). The molecule has 0 saturated carbocycles. The Morgan fingerprint density at radius 3 is 2.41 bits per heavy atom. The molecule has 1 amide bonds. The molecule has 2 aliphatic heterocycles. The second-order valence-corrected chi connectivity index (χ2v) is 11.0. The summed E-state index contributed by atoms with van der Waals surface area (Å²) in [5, 5.41) is 11.9. The SMILES string of the molecule is NC(=O)C1CCN(CC2(O)CCN(Cc3cc(Br)ccc3OCc3ccc(Cl)cc3)CC2)CC1. The lowest BCUT2D eigenvalue weighted by atomic mass is 9.88. The molecule has 0 aromatic heterocycles. The summed E-state index contributed by atoms with van der Waals surface area (Å²) in [4.78, 5) is 16.1. The van der Waals surface area contributed by atoms with Gasteiger partial charge in [0.25, 0.3) is 0 Å². The highest BCUT2D eigenvalue weighted by molar-refractivity contribution is 9.10. The minimum atomic E-state index is -0.679. The molecule has 0 spiro atoms. The smallest absolute Gasteiger partial charge is 0.220 e. The van der Waals surface area contributed by atoms with Crippen LogP contribution < -0.4 is 10.5 Å². The minimum absolute atomic E-state index is 0.0194. The fraction of sp³-hybridized carbons (Fsp3) is 0.500. The number of carbonyl (C=O) groups excluding carboxylic acids is 1. The Morgan fingerprint density at radius 1 is 1.09 bits per heavy atom. The van der Waals surface area contributed by atoms with E-state index in [-0.39, 0.29) is 11.8 Å². The van der Waals surface area contributed by atoms with E-state index in [2.05, 4.69) is 31.8 Å². The Hall–Kier alpha value is -1.64. The number of rotatable bonds is 8. The number of carbonyl (C=O) groups is 1. The Kier molecular flexibility index (Phi) is 8.53. The largest absolute Gasteiger partial charge is 0.489 e. The van der Waals surface area contributed by atoms with Crippen LogP contribution in [0.5, 0.6) is 5.75 Å². The number of primary amides is 1. The molecule has 6 nitrogen and oxygen atoms in total. The Balaban J connectivity index is 1.30. The van der Waals surface area contributed by atoms with Crippen molar-refractivity contribution in [3.63, 3.8) is 0 Å². The second kappa shape index (κ2) is 11.4. The summed E-state index contributed by atoms with van der Waals surface area (Å²) in [6.07, 6.45) is 3.05. The van der Waals surface area contributed by atoms with Crippen molar-refractivity contribution in [2.24, 2.45) is 11.7 Å². The zero-order chi connectivity index (χ0) is 24.1. The van der Waals surface area contributed by atoms with Crippen LogP contribution in [0.4, 0.5) is 0 Å². The molecule has 2 saturated heterocycles. The van der Waals surface area contributed by atoms with Crippen molar-refractivity contribution in [3.8, 4) is 5.75 Å². The lowest BCUT2D eigenvalue weighted by Crippen LogP contribution is -2.52. The first-order valence-electron chi connectivity index (χ1n) is 11.9. The van der Waals surface area contributed by atoms with Crippen LogP contribution in [0.25, 0.3) is 0 Å². The third-order valence-electron chi connectivity index (χ3n) is 7.02. The number of nitrogens with zero attached hydrogens (tertiary/aromatic N) is 2. The van der Waals surface area contributed by atoms with Gasteiger partial charge >= 0.3 is 0 Å². The number of ether oxygens (including phenoxy) is 1. The van der Waals surface area contributed by atoms with Gasteiger partial charge in [0.1, 0.15) is 12.4 Å². The molecule has 2 heterocycles. The number of β-amino-alcohol motifs (C(OH)–C–C–N with tert-alkyl or cyclic N) is 1. The quantitative estimate of drug-likeness (QED) is 0.515. The summed E-state index contributed by atoms with van der Waals surface area (Å²) in [6.45, 7) is 5.24. The molecule has 4 rings (SSSR count). The van der Waals surface area contributed by atoms with Crippen molar-refractivity contribution < 1.29 is 14.6 Å². The first kappa shape index (κ1) is 25.5. The van der Waals surface area contributed by atoms with E-state index in [4.69, 9.17) is 22.1 Å². The summed E-state index contributed by atoms with van der Waals surface area (Å²) in [7, 11) is 0. The highest BCUT2D eigenvalue weighted by atomic mass is 79.9. The number of hydrogen-bond acceptors (Lipinski definition) is 5. The van der Waals surface area contributed by atoms with Crippen LogP contribution in [0, 0.1) is 5.92 Å². The molecule has 0 atom stereocenters. The third kappa shape index (κ3) is 6.95. The normalized spacial score (nSPS) is 19.7. The van der Waals surface area contributed by atoms with Crippen LogP contribution in [-0.4, -0.2) is 59.1 Å². The van der Waals surface area contributed by atoms with Gasteiger partial charge in [-0.2, -0.15) is 0 Å². The lowest BCUT2D eigenvalue weighted by molar-refractivity contribution is -0.123. The Bertz CT molecular complexity index is 972. The van der Waals surface area contributed by atoms with Gasteiger partial charge < -0.3 is 20.5 Å². The number of aliphatic hydroxyl groups is 1. The van der Waals surface area contributed by atoms with Gasteiger partial charge in [0.05, 0.1) is 5.60 Å². The lowest BCUT2D eigenvalue weighted by Gasteiger charge is -2.42. The van der Waals surface area contributed by atoms with Crippen LogP contribution >= 0.6 is 27.5 Å². The number of piperidine rings is 2. The number of halogens is 2. The van der Waals surface area contributed by atoms with Gasteiger partial charge in [0, 0.05) is 47.2 Å². The molecule has 0 bridgehead atoms. The van der Waals surface area contributed by atoms with Gasteiger partial charge in [-0.1, -0.05) is 39.7 Å². The van der Waals surface area contributed by atoms with Gasteiger partial charge in [-0.05, 0) is 74.7 Å². The van der Waals surface area contributed by atoms with Gasteiger partial charge in [-0.25, -0.2) is 0 Å². The molecule has 184 valence electrons. The van der Waals surface area contributed by atoms with Gasteiger partial charge in [0.2, 0.25) is 5.91 Å². The average molecular weight is 551 g/mol. The second-order valence-electron chi connectivity index (χ2n) is 9.62. The van der Waals surface area contributed by atoms with E-state index in [9.17, 15) is 9.90 Å². The monoisotopic (exact) mass is 549 g/mol. The van der Waals surface area contributed by atoms with E-state index in [1.807, 2.05) is 36.4 Å². The molecule has 2 aliphatic rings. The summed E-state index contributed by atoms with van der Waals surface area (Å²) >= 11 is 9.57. The number of hydrogen-bond donors (Lipinski definition) is 2. The van der Waals surface area contributed by atoms with Gasteiger partial charge in [0.15, 0.2) is 0 Å². The van der Waals surface area contributed by atoms with Crippen molar-refractivity contribution in [3.05, 3.63) is 63.1 Å². The highest BCUT2D eigenvalue weighted by Gasteiger charge is 2.35. The Labute approximate surface area is 215 Å². The van der Waals surface area contributed by atoms with Crippen LogP contribution in [0.2, 0.25) is 5.02 Å². The number of nitrogens with two attached hydrogens (primary N) is 1. The van der Waals surface area contributed by atoms with E-state index in [0.29, 0.717) is 18.2 Å². The Morgan fingerprint density at radius 2 is 1.76 bits per heavy atom. The molecule has 0 radical (unpaired) electrons. The molecular formula is C26H33BrClN3O3. The molecule has 34 heavy (non-hydrogen) atoms. The van der Waals surface area contributed by atoms with E-state index >= 15 is 0 Å². The summed E-state index contributed by atoms with van der Waals surface area (Å²) in [5.41, 5.74) is 6.96. The third-order valence-corrected chi connectivity index (χ3v) is 7.76. The minimum Gasteiger partial charge on any atom is -0.489 e. The van der Waals surface area contributed by atoms with Crippen molar-refractivity contribution >= 4 is 33.4 Å². The zero-order valence-corrected chi connectivity index (χ0v) is 21.7. The summed E-state index contributed by atoms with van der Waals surface area (Å²) in [5.74, 6) is 0.654. The van der Waals surface area contributed by atoms with Crippen LogP contribution in [0.3, 0.4) is 0 Å². The van der Waals surface area contributed by atoms with E-state index < -0.39 is 5.60 Å². The number of likely N-dealkylation sites (tertiary alicyclic amines) is 2. The first-order valence-corrected chi connectivity index (χ1v) is 13.1. The van der Waals surface area contributed by atoms with Crippen molar-refractivity contribution in [2.75, 3.05) is 32.7 Å². The van der Waals surface area contributed by atoms with E-state index in [1.54, 1.807) is 0 Å². The number of benzene rings is 2. The first-order chi connectivity index (χ1) is 16.3. The van der Waals surface area contributed by atoms with Crippen molar-refractivity contribution in [1.29, 1.82) is 0 Å². The van der Waals surface area contributed by atoms with Gasteiger partial charge in [-0.3, -0.25) is 9.69 Å². The summed E-state index contributed by atoms with van der Waals surface area (Å²) in [6, 6.07) is 13.8. The molecule has 0 aliphatic carbocycles. The molecular weight excluding hydrogens is 518 g/mol. The topological polar surface area (TPSA) is 79.0 Å². The maximum Gasteiger partial charge on any atom is 0.220 e. The zero-order valence-electron chi connectivity index (χ0n) is 19.4. The molecule has 2 aromatic carbocycles. The number of amides is 1. The fourth-order valence-electron chi connectivity index (χ4n) is 4.87. The van der Waals surface area contributed by atoms with Crippen molar-refractivity contribution in [2.45, 2.75) is 44.4 Å². The average Bonchev–Trinajstić information content (AvgIpc) is 2.81. The van der Waals surface area contributed by atoms with Crippen molar-refractivity contribution in [1.82, 2.24) is 9.80 Å². The molecule has 2 aromatic rings. The maximum absolute atomic E-state index is 11.4. The highest BCUT2D eigenvalue weighted by Crippen LogP contribution is 2.30. The van der Waals surface area contributed by atoms with Crippen LogP contribution in [0.15, 0.2) is 46.9 Å². The van der Waals surface area contributed by atoms with Crippen LogP contribution in [0.1, 0.15) is 36.8 Å². The van der Waals surface area contributed by atoms with Crippen LogP contribution in [-0.2, 0) is 17.9 Å². The van der Waals surface area contributed by atoms with E-state index in [1.165, 1.54) is 0 Å². The molecule has 2 fully saturated rings. The fourth-order valence-corrected chi connectivity index (χ4v) is 5.41. The maximum atomic E-state index is 11.4. The molecule has 8 heteroatoms. The molecule has 0 unspecified atom stereocenters. The van der Waals surface area contributed by atoms with E-state index in [0.717, 1.165) is 79.8 Å². The van der Waals surface area contributed by atoms with Gasteiger partial charge in [-0.15, -0.1) is 0 Å².